The molecule has 2 rings (SSSR count). The van der Waals surface area contributed by atoms with Gasteiger partial charge < -0.3 is 10.1 Å². The summed E-state index contributed by atoms with van der Waals surface area (Å²) in [6.45, 7) is 4.23. The van der Waals surface area contributed by atoms with Gasteiger partial charge >= 0.3 is 0 Å². The molecule has 0 aromatic heterocycles. The van der Waals surface area contributed by atoms with E-state index in [0.717, 1.165) is 12.2 Å². The van der Waals surface area contributed by atoms with Crippen molar-refractivity contribution in [3.05, 3.63) is 64.7 Å². The van der Waals surface area contributed by atoms with E-state index in [2.05, 4.69) is 43.4 Å². The SMILES string of the molecule is CNC(Cc1ccccc1C)C(C)Oc1cccc(Cl)c1. The van der Waals surface area contributed by atoms with Crippen LogP contribution in [0.5, 0.6) is 5.75 Å². The van der Waals surface area contributed by atoms with E-state index < -0.39 is 0 Å². The lowest BCUT2D eigenvalue weighted by Gasteiger charge is -2.25. The topological polar surface area (TPSA) is 21.3 Å². The van der Waals surface area contributed by atoms with Crippen molar-refractivity contribution in [3.63, 3.8) is 0 Å². The third-order valence-corrected chi connectivity index (χ3v) is 3.99. The van der Waals surface area contributed by atoms with Crippen molar-refractivity contribution in [2.45, 2.75) is 32.4 Å². The second kappa shape index (κ2) is 7.48. The molecule has 2 nitrogen and oxygen atoms in total. The van der Waals surface area contributed by atoms with Crippen molar-refractivity contribution in [2.24, 2.45) is 0 Å². The first-order valence-electron chi connectivity index (χ1n) is 7.24. The normalized spacial score (nSPS) is 13.7. The minimum atomic E-state index is 0.0491. The molecular weight excluding hydrogens is 282 g/mol. The molecule has 0 fully saturated rings. The van der Waals surface area contributed by atoms with Crippen LogP contribution in [0.2, 0.25) is 5.02 Å². The van der Waals surface area contributed by atoms with Gasteiger partial charge in [0.1, 0.15) is 11.9 Å². The third-order valence-electron chi connectivity index (χ3n) is 3.76. The Hall–Kier alpha value is -1.51. The molecule has 21 heavy (non-hydrogen) atoms. The lowest BCUT2D eigenvalue weighted by Crippen LogP contribution is -2.41. The Morgan fingerprint density at radius 3 is 2.57 bits per heavy atom. The Labute approximate surface area is 132 Å². The lowest BCUT2D eigenvalue weighted by molar-refractivity contribution is 0.174. The monoisotopic (exact) mass is 303 g/mol. The van der Waals surface area contributed by atoms with Gasteiger partial charge in [-0.1, -0.05) is 41.9 Å². The standard InChI is InChI=1S/C18H22ClNO/c1-13-7-4-5-8-15(13)11-18(20-3)14(2)21-17-10-6-9-16(19)12-17/h4-10,12,14,18,20H,11H2,1-3H3. The van der Waals surface area contributed by atoms with Gasteiger partial charge in [-0.25, -0.2) is 0 Å². The molecule has 0 spiro atoms. The highest BCUT2D eigenvalue weighted by Crippen LogP contribution is 2.20. The van der Waals surface area contributed by atoms with Crippen LogP contribution in [0.25, 0.3) is 0 Å². The van der Waals surface area contributed by atoms with Gasteiger partial charge in [0.25, 0.3) is 0 Å². The van der Waals surface area contributed by atoms with Gasteiger partial charge in [0.05, 0.1) is 0 Å². The molecule has 0 saturated carbocycles. The molecule has 0 aliphatic carbocycles. The van der Waals surface area contributed by atoms with E-state index in [1.165, 1.54) is 11.1 Å². The Kier molecular flexibility index (Phi) is 5.66. The molecule has 2 aromatic rings. The maximum Gasteiger partial charge on any atom is 0.121 e. The molecule has 0 aliphatic heterocycles. The lowest BCUT2D eigenvalue weighted by atomic mass is 9.98. The van der Waals surface area contributed by atoms with E-state index in [0.29, 0.717) is 5.02 Å². The second-order valence-electron chi connectivity index (χ2n) is 5.31. The van der Waals surface area contributed by atoms with Crippen LogP contribution < -0.4 is 10.1 Å². The summed E-state index contributed by atoms with van der Waals surface area (Å²) in [5.41, 5.74) is 2.66. The molecule has 0 amide bonds. The second-order valence-corrected chi connectivity index (χ2v) is 5.74. The van der Waals surface area contributed by atoms with Crippen molar-refractivity contribution < 1.29 is 4.74 Å². The summed E-state index contributed by atoms with van der Waals surface area (Å²) in [7, 11) is 1.97. The minimum Gasteiger partial charge on any atom is -0.489 e. The van der Waals surface area contributed by atoms with Crippen LogP contribution in [0, 0.1) is 6.92 Å². The van der Waals surface area contributed by atoms with Crippen molar-refractivity contribution in [1.29, 1.82) is 0 Å². The number of halogens is 1. The van der Waals surface area contributed by atoms with Crippen LogP contribution in [-0.4, -0.2) is 19.2 Å². The molecule has 0 radical (unpaired) electrons. The summed E-state index contributed by atoms with van der Waals surface area (Å²) in [6, 6.07) is 16.2. The maximum atomic E-state index is 6.01. The first-order valence-corrected chi connectivity index (χ1v) is 7.62. The van der Waals surface area contributed by atoms with Crippen LogP contribution in [0.3, 0.4) is 0 Å². The predicted octanol–water partition coefficient (Wildman–Crippen LogP) is 4.25. The highest BCUT2D eigenvalue weighted by atomic mass is 35.5. The van der Waals surface area contributed by atoms with Gasteiger partial charge in [0, 0.05) is 11.1 Å². The number of aryl methyl sites for hydroxylation is 1. The predicted molar refractivity (Wildman–Crippen MR) is 89.3 cm³/mol. The van der Waals surface area contributed by atoms with Crippen molar-refractivity contribution >= 4 is 11.6 Å². The molecule has 0 heterocycles. The molecule has 0 bridgehead atoms. The number of nitrogens with one attached hydrogen (secondary N) is 1. The molecule has 2 atom stereocenters. The Morgan fingerprint density at radius 1 is 1.14 bits per heavy atom. The van der Waals surface area contributed by atoms with Crippen LogP contribution >= 0.6 is 11.6 Å². The number of hydrogen-bond acceptors (Lipinski definition) is 2. The van der Waals surface area contributed by atoms with Crippen molar-refractivity contribution in [3.8, 4) is 5.75 Å². The van der Waals surface area contributed by atoms with Crippen LogP contribution in [-0.2, 0) is 6.42 Å². The van der Waals surface area contributed by atoms with E-state index in [1.807, 2.05) is 31.3 Å². The summed E-state index contributed by atoms with van der Waals surface area (Å²) in [5, 5.41) is 4.05. The van der Waals surface area contributed by atoms with E-state index >= 15 is 0 Å². The fourth-order valence-electron chi connectivity index (χ4n) is 2.42. The van der Waals surface area contributed by atoms with Gasteiger partial charge in [0.2, 0.25) is 0 Å². The summed E-state index contributed by atoms with van der Waals surface area (Å²) in [5.74, 6) is 0.806. The molecule has 112 valence electrons. The molecule has 1 N–H and O–H groups in total. The average molecular weight is 304 g/mol. The molecular formula is C18H22ClNO. The summed E-state index contributed by atoms with van der Waals surface area (Å²) in [6.07, 6.45) is 0.985. The average Bonchev–Trinajstić information content (AvgIpc) is 2.46. The summed E-state index contributed by atoms with van der Waals surface area (Å²) in [4.78, 5) is 0. The zero-order valence-corrected chi connectivity index (χ0v) is 13.5. The molecule has 3 heteroatoms. The van der Waals surface area contributed by atoms with Crippen LogP contribution in [0.15, 0.2) is 48.5 Å². The zero-order chi connectivity index (χ0) is 15.2. The maximum absolute atomic E-state index is 6.01. The summed E-state index contributed by atoms with van der Waals surface area (Å²) < 4.78 is 6.01. The fraction of sp³-hybridized carbons (Fsp3) is 0.333. The highest BCUT2D eigenvalue weighted by Gasteiger charge is 2.18. The number of ether oxygens (including phenoxy) is 1. The molecule has 2 aromatic carbocycles. The smallest absolute Gasteiger partial charge is 0.121 e. The van der Waals surface area contributed by atoms with E-state index in [1.54, 1.807) is 0 Å². The van der Waals surface area contributed by atoms with Crippen molar-refractivity contribution in [1.82, 2.24) is 5.32 Å². The zero-order valence-electron chi connectivity index (χ0n) is 12.8. The first kappa shape index (κ1) is 15.9. The molecule has 0 saturated heterocycles. The molecule has 0 aliphatic rings. The number of hydrogen-bond donors (Lipinski definition) is 1. The van der Waals surface area contributed by atoms with Crippen LogP contribution in [0.1, 0.15) is 18.1 Å². The Morgan fingerprint density at radius 2 is 1.90 bits per heavy atom. The van der Waals surface area contributed by atoms with Crippen LogP contribution in [0.4, 0.5) is 0 Å². The largest absolute Gasteiger partial charge is 0.489 e. The van der Waals surface area contributed by atoms with Crippen molar-refractivity contribution in [2.75, 3.05) is 7.05 Å². The number of rotatable bonds is 6. The quantitative estimate of drug-likeness (QED) is 0.861. The third kappa shape index (κ3) is 4.48. The van der Waals surface area contributed by atoms with E-state index in [-0.39, 0.29) is 12.1 Å². The Balaban J connectivity index is 2.05. The fourth-order valence-corrected chi connectivity index (χ4v) is 2.60. The van der Waals surface area contributed by atoms with Gasteiger partial charge in [0.15, 0.2) is 0 Å². The van der Waals surface area contributed by atoms with E-state index in [4.69, 9.17) is 16.3 Å². The highest BCUT2D eigenvalue weighted by molar-refractivity contribution is 6.30. The van der Waals surface area contributed by atoms with Gasteiger partial charge in [-0.05, 0) is 56.6 Å². The van der Waals surface area contributed by atoms with E-state index in [9.17, 15) is 0 Å². The van der Waals surface area contributed by atoms with Gasteiger partial charge in [-0.3, -0.25) is 0 Å². The number of likely N-dealkylation sites (N-methyl/N-ethyl adjacent to an activating group) is 1. The van der Waals surface area contributed by atoms with Gasteiger partial charge in [-0.15, -0.1) is 0 Å². The Bertz CT molecular complexity index is 585. The summed E-state index contributed by atoms with van der Waals surface area (Å²) >= 11 is 6.00. The first-order chi connectivity index (χ1) is 10.1. The molecule has 2 unspecified atom stereocenters. The number of benzene rings is 2. The van der Waals surface area contributed by atoms with Gasteiger partial charge in [-0.2, -0.15) is 0 Å². The minimum absolute atomic E-state index is 0.0491.